The maximum atomic E-state index is 11.9. The van der Waals surface area contributed by atoms with Gasteiger partial charge in [0.1, 0.15) is 5.75 Å². The topological polar surface area (TPSA) is 87.7 Å². The van der Waals surface area contributed by atoms with Crippen LogP contribution in [0.1, 0.15) is 30.1 Å². The van der Waals surface area contributed by atoms with Crippen molar-refractivity contribution in [3.05, 3.63) is 23.8 Å². The Morgan fingerprint density at radius 2 is 2.35 bits per heavy atom. The highest BCUT2D eigenvalue weighted by atomic mass is 16.5. The molecule has 1 heterocycles. The zero-order valence-electron chi connectivity index (χ0n) is 11.3. The molecule has 1 atom stereocenters. The Kier molecular flexibility index (Phi) is 4.57. The van der Waals surface area contributed by atoms with Gasteiger partial charge >= 0.3 is 0 Å². The number of benzene rings is 1. The third-order valence-electron chi connectivity index (χ3n) is 3.11. The van der Waals surface area contributed by atoms with Crippen LogP contribution in [0.15, 0.2) is 18.2 Å². The minimum Gasteiger partial charge on any atom is -0.482 e. The van der Waals surface area contributed by atoms with Gasteiger partial charge in [-0.25, -0.2) is 0 Å². The molecule has 6 heteroatoms. The average molecular weight is 278 g/mol. The molecule has 6 nitrogen and oxygen atoms in total. The van der Waals surface area contributed by atoms with Crippen molar-refractivity contribution < 1.29 is 19.4 Å². The molecule has 2 amide bonds. The predicted octanol–water partition coefficient (Wildman–Crippen LogP) is 0.908. The lowest BCUT2D eigenvalue weighted by atomic mass is 10.1. The van der Waals surface area contributed by atoms with Crippen LogP contribution in [0, 0.1) is 0 Å². The summed E-state index contributed by atoms with van der Waals surface area (Å²) in [6.07, 6.45) is 0.789. The number of nitrogens with one attached hydrogen (secondary N) is 2. The summed E-state index contributed by atoms with van der Waals surface area (Å²) in [6, 6.07) is 4.88. The highest BCUT2D eigenvalue weighted by Crippen LogP contribution is 2.28. The van der Waals surface area contributed by atoms with E-state index in [4.69, 9.17) is 4.74 Å². The summed E-state index contributed by atoms with van der Waals surface area (Å²) in [5, 5.41) is 14.8. The van der Waals surface area contributed by atoms with Crippen LogP contribution < -0.4 is 15.4 Å². The van der Waals surface area contributed by atoms with Crippen molar-refractivity contribution in [1.29, 1.82) is 0 Å². The average Bonchev–Trinajstić information content (AvgIpc) is 2.46. The normalized spacial score (nSPS) is 14.8. The van der Waals surface area contributed by atoms with E-state index < -0.39 is 6.10 Å². The first-order valence-corrected chi connectivity index (χ1v) is 6.63. The van der Waals surface area contributed by atoms with Crippen molar-refractivity contribution in [2.75, 3.05) is 18.5 Å². The number of hydrogen-bond acceptors (Lipinski definition) is 4. The summed E-state index contributed by atoms with van der Waals surface area (Å²) < 4.78 is 5.22. The van der Waals surface area contributed by atoms with E-state index in [2.05, 4.69) is 10.6 Å². The van der Waals surface area contributed by atoms with E-state index in [9.17, 15) is 14.7 Å². The molecule has 20 heavy (non-hydrogen) atoms. The molecule has 0 radical (unpaired) electrons. The fraction of sp³-hybridized carbons (Fsp3) is 0.429. The van der Waals surface area contributed by atoms with Crippen molar-refractivity contribution in [3.8, 4) is 5.75 Å². The number of carbonyl (C=O) groups excluding carboxylic acids is 2. The van der Waals surface area contributed by atoms with Gasteiger partial charge in [0.05, 0.1) is 11.8 Å². The Morgan fingerprint density at radius 1 is 1.55 bits per heavy atom. The minimum absolute atomic E-state index is 0.00650. The fourth-order valence-electron chi connectivity index (χ4n) is 1.88. The van der Waals surface area contributed by atoms with Gasteiger partial charge < -0.3 is 20.5 Å². The molecule has 1 aliphatic heterocycles. The molecule has 1 unspecified atom stereocenters. The lowest BCUT2D eigenvalue weighted by molar-refractivity contribution is -0.118. The molecule has 0 saturated carbocycles. The molecule has 0 aromatic heterocycles. The number of hydrogen-bond donors (Lipinski definition) is 3. The Labute approximate surface area is 117 Å². The minimum atomic E-state index is -0.397. The molecule has 0 bridgehead atoms. The van der Waals surface area contributed by atoms with Crippen LogP contribution >= 0.6 is 0 Å². The van der Waals surface area contributed by atoms with Crippen LogP contribution in [0.2, 0.25) is 0 Å². The summed E-state index contributed by atoms with van der Waals surface area (Å²) >= 11 is 0. The Bertz CT molecular complexity index is 516. The van der Waals surface area contributed by atoms with E-state index >= 15 is 0 Å². The zero-order valence-corrected chi connectivity index (χ0v) is 11.3. The summed E-state index contributed by atoms with van der Waals surface area (Å²) in [4.78, 5) is 23.2. The van der Waals surface area contributed by atoms with Gasteiger partial charge in [-0.1, -0.05) is 6.92 Å². The van der Waals surface area contributed by atoms with Gasteiger partial charge in [-0.2, -0.15) is 0 Å². The standard InChI is InChI=1S/C14H18N2O4/c1-2-10(17)5-6-15-14(19)9-3-4-12-11(7-9)16-13(18)8-20-12/h3-4,7,10,17H,2,5-6,8H2,1H3,(H,15,19)(H,16,18). The number of amides is 2. The van der Waals surface area contributed by atoms with Gasteiger partial charge in [0.15, 0.2) is 6.61 Å². The Hall–Kier alpha value is -2.08. The SMILES string of the molecule is CCC(O)CCNC(=O)c1ccc2c(c1)NC(=O)CO2. The predicted molar refractivity (Wildman–Crippen MR) is 73.8 cm³/mol. The first kappa shape index (κ1) is 14.3. The van der Waals surface area contributed by atoms with E-state index in [-0.39, 0.29) is 18.4 Å². The summed E-state index contributed by atoms with van der Waals surface area (Å²) in [5.41, 5.74) is 0.947. The van der Waals surface area contributed by atoms with Crippen LogP contribution in [-0.2, 0) is 4.79 Å². The molecular formula is C14H18N2O4. The second kappa shape index (κ2) is 6.38. The number of ether oxygens (including phenoxy) is 1. The van der Waals surface area contributed by atoms with Crippen LogP contribution in [0.4, 0.5) is 5.69 Å². The van der Waals surface area contributed by atoms with Gasteiger partial charge in [-0.3, -0.25) is 9.59 Å². The molecule has 3 N–H and O–H groups in total. The van der Waals surface area contributed by atoms with Gasteiger partial charge in [-0.05, 0) is 31.0 Å². The molecule has 0 aliphatic carbocycles. The number of fused-ring (bicyclic) bond motifs is 1. The number of anilines is 1. The van der Waals surface area contributed by atoms with Gasteiger partial charge in [0.2, 0.25) is 0 Å². The van der Waals surface area contributed by atoms with Crippen LogP contribution in [0.3, 0.4) is 0 Å². The molecule has 2 rings (SSSR count). The van der Waals surface area contributed by atoms with Crippen LogP contribution in [-0.4, -0.2) is 36.2 Å². The maximum absolute atomic E-state index is 11.9. The van der Waals surface area contributed by atoms with Crippen molar-refractivity contribution in [1.82, 2.24) is 5.32 Å². The van der Waals surface area contributed by atoms with Gasteiger partial charge in [-0.15, -0.1) is 0 Å². The second-order valence-electron chi connectivity index (χ2n) is 4.65. The van der Waals surface area contributed by atoms with Crippen molar-refractivity contribution in [2.24, 2.45) is 0 Å². The molecule has 1 aromatic rings. The third kappa shape index (κ3) is 3.48. The highest BCUT2D eigenvalue weighted by molar-refractivity contribution is 5.99. The molecule has 0 spiro atoms. The van der Waals surface area contributed by atoms with Crippen LogP contribution in [0.25, 0.3) is 0 Å². The molecular weight excluding hydrogens is 260 g/mol. The number of aliphatic hydroxyl groups excluding tert-OH is 1. The monoisotopic (exact) mass is 278 g/mol. The van der Waals surface area contributed by atoms with E-state index in [1.165, 1.54) is 0 Å². The van der Waals surface area contributed by atoms with E-state index in [1.54, 1.807) is 18.2 Å². The van der Waals surface area contributed by atoms with E-state index in [1.807, 2.05) is 6.92 Å². The molecule has 0 fully saturated rings. The quantitative estimate of drug-likeness (QED) is 0.747. The summed E-state index contributed by atoms with van der Waals surface area (Å²) in [5.74, 6) is 0.0830. The summed E-state index contributed by atoms with van der Waals surface area (Å²) in [6.45, 7) is 2.29. The van der Waals surface area contributed by atoms with E-state index in [0.29, 0.717) is 36.4 Å². The van der Waals surface area contributed by atoms with Crippen LogP contribution in [0.5, 0.6) is 5.75 Å². The lowest BCUT2D eigenvalue weighted by Crippen LogP contribution is -2.28. The van der Waals surface area contributed by atoms with Gasteiger partial charge in [0, 0.05) is 12.1 Å². The fourth-order valence-corrected chi connectivity index (χ4v) is 1.88. The zero-order chi connectivity index (χ0) is 14.5. The Morgan fingerprint density at radius 3 is 3.10 bits per heavy atom. The third-order valence-corrected chi connectivity index (χ3v) is 3.11. The number of aliphatic hydroxyl groups is 1. The second-order valence-corrected chi connectivity index (χ2v) is 4.65. The van der Waals surface area contributed by atoms with Gasteiger partial charge in [0.25, 0.3) is 11.8 Å². The highest BCUT2D eigenvalue weighted by Gasteiger charge is 2.17. The van der Waals surface area contributed by atoms with Crippen molar-refractivity contribution in [3.63, 3.8) is 0 Å². The molecule has 0 saturated heterocycles. The first-order valence-electron chi connectivity index (χ1n) is 6.63. The first-order chi connectivity index (χ1) is 9.60. The lowest BCUT2D eigenvalue weighted by Gasteiger charge is -2.18. The largest absolute Gasteiger partial charge is 0.482 e. The van der Waals surface area contributed by atoms with Crippen molar-refractivity contribution >= 4 is 17.5 Å². The number of rotatable bonds is 5. The molecule has 108 valence electrons. The number of carbonyl (C=O) groups is 2. The Balaban J connectivity index is 1.97. The van der Waals surface area contributed by atoms with Crippen molar-refractivity contribution in [2.45, 2.75) is 25.9 Å². The van der Waals surface area contributed by atoms with E-state index in [0.717, 1.165) is 0 Å². The maximum Gasteiger partial charge on any atom is 0.262 e. The smallest absolute Gasteiger partial charge is 0.262 e. The summed E-state index contributed by atoms with van der Waals surface area (Å²) in [7, 11) is 0. The molecule has 1 aromatic carbocycles. The molecule has 1 aliphatic rings.